The third-order valence-corrected chi connectivity index (χ3v) is 5.26. The number of ether oxygens (including phenoxy) is 1. The van der Waals surface area contributed by atoms with E-state index in [4.69, 9.17) is 4.74 Å². The minimum atomic E-state index is -0.155. The molecule has 5 nitrogen and oxygen atoms in total. The lowest BCUT2D eigenvalue weighted by molar-refractivity contribution is 0.340. The summed E-state index contributed by atoms with van der Waals surface area (Å²) < 4.78 is 8.41. The quantitative estimate of drug-likeness (QED) is 0.499. The minimum absolute atomic E-state index is 0.155. The molecule has 0 aliphatic rings. The molecule has 0 N–H and O–H groups in total. The van der Waals surface area contributed by atoms with Gasteiger partial charge in [-0.15, -0.1) is 5.10 Å². The van der Waals surface area contributed by atoms with Crippen LogP contribution in [0.3, 0.4) is 0 Å². The Hall–Kier alpha value is -2.51. The first kappa shape index (κ1) is 16.9. The van der Waals surface area contributed by atoms with Crippen LogP contribution in [0.5, 0.6) is 5.75 Å². The van der Waals surface area contributed by atoms with Crippen molar-refractivity contribution in [3.05, 3.63) is 73.5 Å². The summed E-state index contributed by atoms with van der Waals surface area (Å²) in [4.78, 5) is 17.7. The second-order valence-corrected chi connectivity index (χ2v) is 7.48. The number of thiazole rings is 1. The number of hydrogen-bond donors (Lipinski definition) is 0. The van der Waals surface area contributed by atoms with Crippen molar-refractivity contribution in [3.8, 4) is 17.1 Å². The Bertz CT molecular complexity index is 1160. The molecule has 0 bridgehead atoms. The average molecular weight is 428 g/mol. The highest BCUT2D eigenvalue weighted by molar-refractivity contribution is 9.10. The first-order valence-corrected chi connectivity index (χ1v) is 9.65. The minimum Gasteiger partial charge on any atom is -0.494 e. The van der Waals surface area contributed by atoms with Crippen molar-refractivity contribution in [1.82, 2.24) is 14.6 Å². The normalized spacial score (nSPS) is 12.0. The van der Waals surface area contributed by atoms with Gasteiger partial charge in [0.25, 0.3) is 5.56 Å². The third-order valence-electron chi connectivity index (χ3n) is 3.77. The van der Waals surface area contributed by atoms with Crippen molar-refractivity contribution >= 4 is 38.3 Å². The van der Waals surface area contributed by atoms with Crippen molar-refractivity contribution in [2.45, 2.75) is 6.92 Å². The Kier molecular flexibility index (Phi) is 4.57. The molecule has 130 valence electrons. The van der Waals surface area contributed by atoms with Gasteiger partial charge in [0.15, 0.2) is 5.82 Å². The van der Waals surface area contributed by atoms with Gasteiger partial charge in [-0.3, -0.25) is 4.79 Å². The maximum Gasteiger partial charge on any atom is 0.291 e. The van der Waals surface area contributed by atoms with E-state index in [2.05, 4.69) is 26.0 Å². The maximum absolute atomic E-state index is 12.6. The molecule has 7 heteroatoms. The topological polar surface area (TPSA) is 56.5 Å². The van der Waals surface area contributed by atoms with Gasteiger partial charge in [-0.05, 0) is 55.0 Å². The Labute approximate surface area is 161 Å². The van der Waals surface area contributed by atoms with Crippen LogP contribution in [0.1, 0.15) is 12.5 Å². The number of aromatic nitrogens is 3. The average Bonchev–Trinajstić information content (AvgIpc) is 3.18. The summed E-state index contributed by atoms with van der Waals surface area (Å²) in [5.41, 5.74) is 1.65. The first-order chi connectivity index (χ1) is 12.6. The molecule has 0 spiro atoms. The van der Waals surface area contributed by atoms with Crippen LogP contribution in [0.15, 0.2) is 57.8 Å². The van der Waals surface area contributed by atoms with E-state index in [0.29, 0.717) is 21.9 Å². The van der Waals surface area contributed by atoms with Crippen LogP contribution < -0.4 is 14.8 Å². The third kappa shape index (κ3) is 3.27. The fourth-order valence-corrected chi connectivity index (χ4v) is 3.71. The zero-order chi connectivity index (χ0) is 18.1. The van der Waals surface area contributed by atoms with E-state index in [1.54, 1.807) is 0 Å². The molecule has 2 heterocycles. The van der Waals surface area contributed by atoms with E-state index in [1.165, 1.54) is 15.9 Å². The smallest absolute Gasteiger partial charge is 0.291 e. The largest absolute Gasteiger partial charge is 0.494 e. The summed E-state index contributed by atoms with van der Waals surface area (Å²) in [7, 11) is 0. The van der Waals surface area contributed by atoms with Crippen LogP contribution in [0.2, 0.25) is 0 Å². The Morgan fingerprint density at radius 1 is 1.15 bits per heavy atom. The molecule has 0 unspecified atom stereocenters. The molecule has 2 aromatic carbocycles. The van der Waals surface area contributed by atoms with Gasteiger partial charge in [-0.1, -0.05) is 39.4 Å². The number of fused-ring (bicyclic) bond motifs is 1. The highest BCUT2D eigenvalue weighted by atomic mass is 79.9. The summed E-state index contributed by atoms with van der Waals surface area (Å²) in [6.45, 7) is 2.56. The van der Waals surface area contributed by atoms with Gasteiger partial charge in [0.2, 0.25) is 4.96 Å². The highest BCUT2D eigenvalue weighted by Gasteiger charge is 2.12. The molecule has 0 atom stereocenters. The lowest BCUT2D eigenvalue weighted by Gasteiger charge is -2.02. The lowest BCUT2D eigenvalue weighted by Crippen LogP contribution is -2.23. The van der Waals surface area contributed by atoms with E-state index < -0.39 is 0 Å². The standard InChI is InChI=1S/C19H14BrN3O2S/c1-2-25-15-9-5-13(6-10-15)17-21-19-23(22-17)18(24)16(26-19)11-12-3-7-14(20)8-4-12/h3-11H,2H2,1H3. The molecule has 0 saturated carbocycles. The molecule has 0 fully saturated rings. The lowest BCUT2D eigenvalue weighted by atomic mass is 10.2. The fourth-order valence-electron chi connectivity index (χ4n) is 2.53. The van der Waals surface area contributed by atoms with E-state index in [0.717, 1.165) is 21.3 Å². The van der Waals surface area contributed by atoms with E-state index in [9.17, 15) is 4.79 Å². The van der Waals surface area contributed by atoms with Gasteiger partial charge in [0.1, 0.15) is 5.75 Å². The van der Waals surface area contributed by atoms with Gasteiger partial charge < -0.3 is 4.74 Å². The van der Waals surface area contributed by atoms with Gasteiger partial charge in [-0.25, -0.2) is 0 Å². The van der Waals surface area contributed by atoms with Crippen LogP contribution in [-0.4, -0.2) is 21.2 Å². The summed E-state index contributed by atoms with van der Waals surface area (Å²) >= 11 is 4.74. The fraction of sp³-hybridized carbons (Fsp3) is 0.105. The summed E-state index contributed by atoms with van der Waals surface area (Å²) in [6, 6.07) is 15.3. The van der Waals surface area contributed by atoms with Crippen molar-refractivity contribution in [1.29, 1.82) is 0 Å². The zero-order valence-electron chi connectivity index (χ0n) is 13.8. The van der Waals surface area contributed by atoms with Crippen molar-refractivity contribution in [3.63, 3.8) is 0 Å². The molecule has 0 aliphatic carbocycles. The predicted molar refractivity (Wildman–Crippen MR) is 107 cm³/mol. The maximum atomic E-state index is 12.6. The number of benzene rings is 2. The van der Waals surface area contributed by atoms with Gasteiger partial charge >= 0.3 is 0 Å². The monoisotopic (exact) mass is 427 g/mol. The Balaban J connectivity index is 1.71. The second kappa shape index (κ2) is 7.01. The van der Waals surface area contributed by atoms with Crippen LogP contribution in [0, 0.1) is 0 Å². The summed E-state index contributed by atoms with van der Waals surface area (Å²) in [6.07, 6.45) is 1.85. The SMILES string of the molecule is CCOc1ccc(-c2nc3sc(=Cc4ccc(Br)cc4)c(=O)n3n2)cc1. The highest BCUT2D eigenvalue weighted by Crippen LogP contribution is 2.20. The first-order valence-electron chi connectivity index (χ1n) is 8.04. The zero-order valence-corrected chi connectivity index (χ0v) is 16.3. The number of hydrogen-bond acceptors (Lipinski definition) is 5. The van der Waals surface area contributed by atoms with E-state index in [-0.39, 0.29) is 5.56 Å². The number of rotatable bonds is 4. The summed E-state index contributed by atoms with van der Waals surface area (Å²) in [5, 5.41) is 4.37. The molecule has 4 rings (SSSR count). The Morgan fingerprint density at radius 2 is 1.88 bits per heavy atom. The molecule has 0 saturated heterocycles. The van der Waals surface area contributed by atoms with Crippen LogP contribution in [0.4, 0.5) is 0 Å². The number of nitrogens with zero attached hydrogens (tertiary/aromatic N) is 3. The second-order valence-electron chi connectivity index (χ2n) is 5.55. The van der Waals surface area contributed by atoms with E-state index >= 15 is 0 Å². The molecule has 4 aromatic rings. The Morgan fingerprint density at radius 3 is 2.54 bits per heavy atom. The molecule has 0 amide bonds. The van der Waals surface area contributed by atoms with Crippen molar-refractivity contribution < 1.29 is 4.74 Å². The molecular formula is C19H14BrN3O2S. The molecule has 0 aliphatic heterocycles. The van der Waals surface area contributed by atoms with Crippen LogP contribution in [0.25, 0.3) is 22.4 Å². The van der Waals surface area contributed by atoms with Crippen molar-refractivity contribution in [2.75, 3.05) is 6.61 Å². The molecule has 2 aromatic heterocycles. The number of halogens is 1. The van der Waals surface area contributed by atoms with Crippen LogP contribution in [-0.2, 0) is 0 Å². The molecular weight excluding hydrogens is 414 g/mol. The van der Waals surface area contributed by atoms with Gasteiger partial charge in [-0.2, -0.15) is 9.50 Å². The van der Waals surface area contributed by atoms with Crippen molar-refractivity contribution in [2.24, 2.45) is 0 Å². The van der Waals surface area contributed by atoms with Crippen LogP contribution >= 0.6 is 27.3 Å². The molecule has 0 radical (unpaired) electrons. The summed E-state index contributed by atoms with van der Waals surface area (Å²) in [5.74, 6) is 1.33. The van der Waals surface area contributed by atoms with Gasteiger partial charge in [0, 0.05) is 10.0 Å². The van der Waals surface area contributed by atoms with Gasteiger partial charge in [0.05, 0.1) is 11.1 Å². The molecule has 26 heavy (non-hydrogen) atoms. The predicted octanol–water partition coefficient (Wildman–Crippen LogP) is 3.53. The van der Waals surface area contributed by atoms with E-state index in [1.807, 2.05) is 61.5 Å².